The fraction of sp³-hybridized carbons (Fsp3) is 0.412. The van der Waals surface area contributed by atoms with Gasteiger partial charge in [0.25, 0.3) is 0 Å². The maximum absolute atomic E-state index is 11.0. The van der Waals surface area contributed by atoms with Crippen LogP contribution in [0, 0.1) is 6.92 Å². The summed E-state index contributed by atoms with van der Waals surface area (Å²) >= 11 is 1.16. The van der Waals surface area contributed by atoms with E-state index in [0.717, 1.165) is 23.5 Å². The fourth-order valence-electron chi connectivity index (χ4n) is 2.06. The average Bonchev–Trinajstić information content (AvgIpc) is 2.87. The molecule has 0 bridgehead atoms. The summed E-state index contributed by atoms with van der Waals surface area (Å²) in [6, 6.07) is 8.06. The van der Waals surface area contributed by atoms with Crippen molar-refractivity contribution in [3.8, 4) is 5.75 Å². The molecule has 0 saturated heterocycles. The molecule has 0 amide bonds. The van der Waals surface area contributed by atoms with E-state index in [1.165, 1.54) is 5.56 Å². The summed E-state index contributed by atoms with van der Waals surface area (Å²) in [7, 11) is 0. The Morgan fingerprint density at radius 2 is 1.95 bits per heavy atom. The second kappa shape index (κ2) is 6.48. The average molecular weight is 319 g/mol. The quantitative estimate of drug-likeness (QED) is 0.856. The summed E-state index contributed by atoms with van der Waals surface area (Å²) in [5.74, 6) is -0.173. The van der Waals surface area contributed by atoms with Gasteiger partial charge < -0.3 is 9.84 Å². The van der Waals surface area contributed by atoms with Crippen molar-refractivity contribution in [2.24, 2.45) is 0 Å². The Kier molecular flexibility index (Phi) is 4.86. The van der Waals surface area contributed by atoms with Crippen molar-refractivity contribution >= 4 is 17.3 Å². The summed E-state index contributed by atoms with van der Waals surface area (Å²) in [6.07, 6.45) is 1.07. The molecular formula is C17H21NO3S. The van der Waals surface area contributed by atoms with Crippen molar-refractivity contribution < 1.29 is 14.6 Å². The highest BCUT2D eigenvalue weighted by Gasteiger charge is 2.18. The van der Waals surface area contributed by atoms with E-state index < -0.39 is 5.97 Å². The molecule has 2 aromatic rings. The first-order chi connectivity index (χ1) is 10.3. The minimum atomic E-state index is -0.938. The zero-order valence-corrected chi connectivity index (χ0v) is 14.2. The molecule has 0 unspecified atom stereocenters. The predicted octanol–water partition coefficient (Wildman–Crippen LogP) is 4.42. The van der Waals surface area contributed by atoms with E-state index in [4.69, 9.17) is 9.84 Å². The van der Waals surface area contributed by atoms with Crippen LogP contribution in [0.1, 0.15) is 53.1 Å². The van der Waals surface area contributed by atoms with Gasteiger partial charge in [-0.15, -0.1) is 11.3 Å². The predicted molar refractivity (Wildman–Crippen MR) is 87.9 cm³/mol. The Balaban J connectivity index is 2.03. The minimum absolute atomic E-state index is 0.154. The number of thiazole rings is 1. The largest absolute Gasteiger partial charge is 0.486 e. The fourth-order valence-corrected chi connectivity index (χ4v) is 2.88. The van der Waals surface area contributed by atoms with E-state index in [9.17, 15) is 4.79 Å². The summed E-state index contributed by atoms with van der Waals surface area (Å²) in [5, 5.41) is 9.70. The van der Waals surface area contributed by atoms with Gasteiger partial charge in [-0.3, -0.25) is 0 Å². The van der Waals surface area contributed by atoms with Gasteiger partial charge in [0.2, 0.25) is 0 Å². The second-order valence-electron chi connectivity index (χ2n) is 5.88. The third kappa shape index (κ3) is 3.65. The minimum Gasteiger partial charge on any atom is -0.486 e. The van der Waals surface area contributed by atoms with Crippen LogP contribution in [-0.2, 0) is 12.0 Å². The number of hydrogen-bond acceptors (Lipinski definition) is 4. The number of benzene rings is 1. The van der Waals surface area contributed by atoms with Gasteiger partial charge in [-0.25, -0.2) is 9.78 Å². The van der Waals surface area contributed by atoms with Crippen molar-refractivity contribution in [2.75, 3.05) is 0 Å². The van der Waals surface area contributed by atoms with Gasteiger partial charge >= 0.3 is 5.97 Å². The summed E-state index contributed by atoms with van der Waals surface area (Å²) in [4.78, 5) is 15.5. The molecule has 0 spiro atoms. The molecule has 0 aliphatic rings. The van der Waals surface area contributed by atoms with Crippen LogP contribution in [0.3, 0.4) is 0 Å². The maximum atomic E-state index is 11.0. The normalized spacial score (nSPS) is 11.5. The Morgan fingerprint density at radius 3 is 2.45 bits per heavy atom. The van der Waals surface area contributed by atoms with E-state index in [1.54, 1.807) is 6.92 Å². The number of hydrogen-bond donors (Lipinski definition) is 1. The Labute approximate surface area is 134 Å². The Hall–Kier alpha value is -1.88. The number of carboxylic acids is 1. The zero-order valence-electron chi connectivity index (χ0n) is 13.3. The molecule has 1 heterocycles. The SMILES string of the molecule is CCC(C)(C)c1ccc(OCc2nc(C)c(C(=O)O)s2)cc1. The van der Waals surface area contributed by atoms with Gasteiger partial charge in [-0.1, -0.05) is 32.9 Å². The molecular weight excluding hydrogens is 298 g/mol. The highest BCUT2D eigenvalue weighted by molar-refractivity contribution is 7.13. The first-order valence-electron chi connectivity index (χ1n) is 7.26. The third-order valence-corrected chi connectivity index (χ3v) is 5.04. The lowest BCUT2D eigenvalue weighted by Gasteiger charge is -2.23. The zero-order chi connectivity index (χ0) is 16.3. The van der Waals surface area contributed by atoms with Gasteiger partial charge in [-0.05, 0) is 36.5 Å². The van der Waals surface area contributed by atoms with E-state index >= 15 is 0 Å². The molecule has 4 nitrogen and oxygen atoms in total. The van der Waals surface area contributed by atoms with Gasteiger partial charge in [-0.2, -0.15) is 0 Å². The molecule has 1 aromatic heterocycles. The monoisotopic (exact) mass is 319 g/mol. The van der Waals surface area contributed by atoms with Crippen molar-refractivity contribution in [3.63, 3.8) is 0 Å². The maximum Gasteiger partial charge on any atom is 0.347 e. The molecule has 2 rings (SSSR count). The van der Waals surface area contributed by atoms with E-state index in [1.807, 2.05) is 12.1 Å². The van der Waals surface area contributed by atoms with E-state index in [2.05, 4.69) is 37.9 Å². The molecule has 0 saturated carbocycles. The molecule has 0 atom stereocenters. The molecule has 0 aliphatic heterocycles. The van der Waals surface area contributed by atoms with Crippen molar-refractivity contribution in [3.05, 3.63) is 45.4 Å². The second-order valence-corrected chi connectivity index (χ2v) is 6.96. The van der Waals surface area contributed by atoms with Gasteiger partial charge in [0.15, 0.2) is 0 Å². The number of carboxylic acid groups (broad SMARTS) is 1. The Morgan fingerprint density at radius 1 is 1.32 bits per heavy atom. The van der Waals surface area contributed by atoms with E-state index in [-0.39, 0.29) is 16.9 Å². The molecule has 0 radical (unpaired) electrons. The van der Waals surface area contributed by atoms with Gasteiger partial charge in [0.05, 0.1) is 5.69 Å². The van der Waals surface area contributed by atoms with Crippen LogP contribution in [0.5, 0.6) is 5.75 Å². The lowest BCUT2D eigenvalue weighted by molar-refractivity contribution is 0.0701. The lowest BCUT2D eigenvalue weighted by atomic mass is 9.82. The van der Waals surface area contributed by atoms with Crippen LogP contribution in [-0.4, -0.2) is 16.1 Å². The highest BCUT2D eigenvalue weighted by Crippen LogP contribution is 2.28. The number of rotatable bonds is 6. The summed E-state index contributed by atoms with van der Waals surface area (Å²) < 4.78 is 5.70. The number of ether oxygens (including phenoxy) is 1. The van der Waals surface area contributed by atoms with Crippen LogP contribution in [0.25, 0.3) is 0 Å². The lowest BCUT2D eigenvalue weighted by Crippen LogP contribution is -2.15. The molecule has 22 heavy (non-hydrogen) atoms. The van der Waals surface area contributed by atoms with Crippen LogP contribution in [0.4, 0.5) is 0 Å². The number of aryl methyl sites for hydroxylation is 1. The van der Waals surface area contributed by atoms with Crippen molar-refractivity contribution in [1.82, 2.24) is 4.98 Å². The topological polar surface area (TPSA) is 59.4 Å². The van der Waals surface area contributed by atoms with Crippen LogP contribution >= 0.6 is 11.3 Å². The molecule has 1 N–H and O–H groups in total. The molecule has 0 fully saturated rings. The van der Waals surface area contributed by atoms with Gasteiger partial charge in [0, 0.05) is 0 Å². The smallest absolute Gasteiger partial charge is 0.347 e. The molecule has 118 valence electrons. The number of aromatic carboxylic acids is 1. The molecule has 5 heteroatoms. The Bertz CT molecular complexity index is 659. The number of aromatic nitrogens is 1. The standard InChI is InChI=1S/C17H21NO3S/c1-5-17(3,4)12-6-8-13(9-7-12)21-10-14-18-11(2)15(22-14)16(19)20/h6-9H,5,10H2,1-4H3,(H,19,20). The van der Waals surface area contributed by atoms with E-state index in [0.29, 0.717) is 10.7 Å². The van der Waals surface area contributed by atoms with Crippen LogP contribution in [0.15, 0.2) is 24.3 Å². The van der Waals surface area contributed by atoms with Gasteiger partial charge in [0.1, 0.15) is 22.2 Å². The van der Waals surface area contributed by atoms with Crippen LogP contribution in [0.2, 0.25) is 0 Å². The summed E-state index contributed by atoms with van der Waals surface area (Å²) in [5.41, 5.74) is 1.97. The number of carbonyl (C=O) groups is 1. The van der Waals surface area contributed by atoms with Crippen molar-refractivity contribution in [1.29, 1.82) is 0 Å². The first kappa shape index (κ1) is 16.5. The number of nitrogens with zero attached hydrogens (tertiary/aromatic N) is 1. The summed E-state index contributed by atoms with van der Waals surface area (Å²) in [6.45, 7) is 8.60. The third-order valence-electron chi connectivity index (χ3n) is 3.92. The molecule has 1 aromatic carbocycles. The highest BCUT2D eigenvalue weighted by atomic mass is 32.1. The first-order valence-corrected chi connectivity index (χ1v) is 8.08. The van der Waals surface area contributed by atoms with Crippen LogP contribution < -0.4 is 4.74 Å². The molecule has 0 aliphatic carbocycles. The van der Waals surface area contributed by atoms with Crippen molar-refractivity contribution in [2.45, 2.75) is 46.1 Å².